The fraction of sp³-hybridized carbons (Fsp3) is 0.167. The van der Waals surface area contributed by atoms with Gasteiger partial charge in [0.05, 0.1) is 12.2 Å². The summed E-state index contributed by atoms with van der Waals surface area (Å²) in [5.41, 5.74) is 1.79. The Morgan fingerprint density at radius 2 is 1.70 bits per heavy atom. The summed E-state index contributed by atoms with van der Waals surface area (Å²) in [6.45, 7) is 0.331. The Hall–Kier alpha value is -3.46. The number of hydrogen-bond donors (Lipinski definition) is 1. The quantitative estimate of drug-likeness (QED) is 0.582. The number of urea groups is 1. The summed E-state index contributed by atoms with van der Waals surface area (Å²) in [5.74, 6) is -1.33. The number of carbonyl (C=O) groups is 2. The van der Waals surface area contributed by atoms with E-state index in [2.05, 4.69) is 5.32 Å². The molecule has 0 radical (unpaired) electrons. The minimum Gasteiger partial charge on any atom is -0.308 e. The van der Waals surface area contributed by atoms with E-state index in [1.807, 2.05) is 0 Å². The van der Waals surface area contributed by atoms with Gasteiger partial charge in [0.1, 0.15) is 17.5 Å². The minimum atomic E-state index is -1.45. The lowest BCUT2D eigenvalue weighted by molar-refractivity contribution is -0.123. The maximum Gasteiger partial charge on any atom is 0.323 e. The lowest BCUT2D eigenvalue weighted by Crippen LogP contribution is -2.51. The minimum absolute atomic E-state index is 0.0744. The van der Waals surface area contributed by atoms with E-state index in [0.717, 1.165) is 0 Å². The number of amides is 3. The largest absolute Gasteiger partial charge is 0.323 e. The number of thioether (sulfide) groups is 1. The van der Waals surface area contributed by atoms with E-state index in [0.29, 0.717) is 28.3 Å². The molecule has 0 aliphatic carbocycles. The highest BCUT2D eigenvalue weighted by Crippen LogP contribution is 2.54. The van der Waals surface area contributed by atoms with Crippen LogP contribution in [0, 0.1) is 17.5 Å². The van der Waals surface area contributed by atoms with E-state index < -0.39 is 34.3 Å². The van der Waals surface area contributed by atoms with E-state index in [1.165, 1.54) is 76.2 Å². The lowest BCUT2D eigenvalue weighted by atomic mass is 10.1. The average molecular weight is 469 g/mol. The molecule has 2 aliphatic heterocycles. The zero-order chi connectivity index (χ0) is 23.2. The number of rotatable bonds is 3. The number of halogens is 3. The van der Waals surface area contributed by atoms with Crippen molar-refractivity contribution < 1.29 is 22.8 Å². The van der Waals surface area contributed by atoms with Crippen LogP contribution in [0.25, 0.3) is 0 Å². The molecule has 0 bridgehead atoms. The second-order valence-electron chi connectivity index (χ2n) is 7.76. The van der Waals surface area contributed by atoms with Gasteiger partial charge >= 0.3 is 6.03 Å². The van der Waals surface area contributed by atoms with Gasteiger partial charge in [0, 0.05) is 23.5 Å². The molecule has 1 N–H and O–H groups in total. The van der Waals surface area contributed by atoms with Crippen LogP contribution in [0.3, 0.4) is 0 Å². The first-order chi connectivity index (χ1) is 15.9. The van der Waals surface area contributed by atoms with Crippen molar-refractivity contribution in [1.29, 1.82) is 0 Å². The summed E-state index contributed by atoms with van der Waals surface area (Å²) in [4.78, 5) is 28.4. The molecule has 2 aliphatic rings. The van der Waals surface area contributed by atoms with Crippen molar-refractivity contribution in [3.8, 4) is 0 Å². The van der Waals surface area contributed by atoms with Crippen LogP contribution in [0.1, 0.15) is 11.1 Å². The van der Waals surface area contributed by atoms with E-state index in [9.17, 15) is 22.8 Å². The van der Waals surface area contributed by atoms with Crippen LogP contribution in [0.4, 0.5) is 29.3 Å². The van der Waals surface area contributed by atoms with Gasteiger partial charge in [-0.15, -0.1) is 11.8 Å². The van der Waals surface area contributed by atoms with Crippen molar-refractivity contribution in [3.05, 3.63) is 95.3 Å². The first-order valence-electron chi connectivity index (χ1n) is 10.2. The van der Waals surface area contributed by atoms with E-state index in [1.54, 1.807) is 12.1 Å². The van der Waals surface area contributed by atoms with Crippen molar-refractivity contribution in [2.75, 3.05) is 22.5 Å². The molecule has 1 spiro atoms. The Bertz CT molecular complexity index is 1250. The standard InChI is InChI=1S/C24H18F3N3O2S/c25-16-4-7-19(8-5-16)28-23(32)30-10-11-33-24(30)20-13-18(27)6-9-21(20)29(22(24)31)14-15-2-1-3-17(26)12-15/h1-9,12-13H,10-11,14H2,(H,28,32)/t24-/m0/s1. The highest BCUT2D eigenvalue weighted by molar-refractivity contribution is 8.01. The summed E-state index contributed by atoms with van der Waals surface area (Å²) < 4.78 is 41.3. The highest BCUT2D eigenvalue weighted by Gasteiger charge is 2.59. The number of nitrogens with one attached hydrogen (secondary N) is 1. The third-order valence-corrected chi connectivity index (χ3v) is 7.15. The van der Waals surface area contributed by atoms with Crippen molar-refractivity contribution in [1.82, 2.24) is 4.90 Å². The van der Waals surface area contributed by atoms with Gasteiger partial charge in [-0.3, -0.25) is 9.69 Å². The van der Waals surface area contributed by atoms with Crippen LogP contribution in [0.2, 0.25) is 0 Å². The van der Waals surface area contributed by atoms with Crippen LogP contribution in [0.5, 0.6) is 0 Å². The smallest absolute Gasteiger partial charge is 0.308 e. The van der Waals surface area contributed by atoms with Gasteiger partial charge in [-0.05, 0) is 60.2 Å². The monoisotopic (exact) mass is 469 g/mol. The van der Waals surface area contributed by atoms with E-state index in [-0.39, 0.29) is 13.1 Å². The Balaban J connectivity index is 1.53. The van der Waals surface area contributed by atoms with Crippen LogP contribution >= 0.6 is 11.8 Å². The summed E-state index contributed by atoms with van der Waals surface area (Å²) in [6, 6.07) is 14.7. The zero-order valence-electron chi connectivity index (χ0n) is 17.2. The predicted octanol–water partition coefficient (Wildman–Crippen LogP) is 5.08. The molecule has 0 saturated carbocycles. The summed E-state index contributed by atoms with van der Waals surface area (Å²) in [7, 11) is 0. The fourth-order valence-corrected chi connectivity index (χ4v) is 5.74. The third kappa shape index (κ3) is 3.62. The van der Waals surface area contributed by atoms with Crippen molar-refractivity contribution in [3.63, 3.8) is 0 Å². The maximum atomic E-state index is 14.3. The molecule has 0 aromatic heterocycles. The molecule has 1 fully saturated rings. The molecule has 1 atom stereocenters. The first-order valence-corrected chi connectivity index (χ1v) is 11.2. The van der Waals surface area contributed by atoms with Gasteiger partial charge in [-0.25, -0.2) is 18.0 Å². The Morgan fingerprint density at radius 1 is 0.970 bits per heavy atom. The average Bonchev–Trinajstić information content (AvgIpc) is 3.33. The molecular formula is C24H18F3N3O2S. The number of fused-ring (bicyclic) bond motifs is 2. The van der Waals surface area contributed by atoms with Crippen molar-refractivity contribution in [2.45, 2.75) is 11.4 Å². The molecule has 5 rings (SSSR count). The van der Waals surface area contributed by atoms with Gasteiger partial charge in [-0.2, -0.15) is 0 Å². The van der Waals surface area contributed by atoms with Crippen molar-refractivity contribution in [2.24, 2.45) is 0 Å². The summed E-state index contributed by atoms with van der Waals surface area (Å²) >= 11 is 1.25. The maximum absolute atomic E-state index is 14.3. The van der Waals surface area contributed by atoms with E-state index >= 15 is 0 Å². The normalized spacial score (nSPS) is 19.3. The number of nitrogens with zero attached hydrogens (tertiary/aromatic N) is 2. The third-order valence-electron chi connectivity index (χ3n) is 5.73. The van der Waals surface area contributed by atoms with Crippen molar-refractivity contribution >= 4 is 35.1 Å². The molecular weight excluding hydrogens is 451 g/mol. The number of benzene rings is 3. The van der Waals surface area contributed by atoms with Gasteiger partial charge < -0.3 is 10.2 Å². The zero-order valence-corrected chi connectivity index (χ0v) is 18.0. The molecule has 2 heterocycles. The van der Waals surface area contributed by atoms with E-state index in [4.69, 9.17) is 0 Å². The second kappa shape index (κ2) is 8.15. The molecule has 3 aromatic rings. The molecule has 9 heteroatoms. The Kier molecular flexibility index (Phi) is 5.28. The number of hydrogen-bond acceptors (Lipinski definition) is 3. The highest BCUT2D eigenvalue weighted by atomic mass is 32.2. The molecule has 1 saturated heterocycles. The number of anilines is 2. The van der Waals surface area contributed by atoms with Gasteiger partial charge in [-0.1, -0.05) is 12.1 Å². The van der Waals surface area contributed by atoms with Crippen LogP contribution in [-0.4, -0.2) is 29.1 Å². The molecule has 33 heavy (non-hydrogen) atoms. The Labute approximate surface area is 192 Å². The second-order valence-corrected chi connectivity index (χ2v) is 9.05. The topological polar surface area (TPSA) is 52.7 Å². The van der Waals surface area contributed by atoms with Crippen LogP contribution < -0.4 is 10.2 Å². The van der Waals surface area contributed by atoms with Gasteiger partial charge in [0.2, 0.25) is 0 Å². The number of carbonyl (C=O) groups excluding carboxylic acids is 2. The molecule has 168 valence electrons. The van der Waals surface area contributed by atoms with Crippen LogP contribution in [0.15, 0.2) is 66.7 Å². The van der Waals surface area contributed by atoms with Gasteiger partial charge in [0.15, 0.2) is 4.87 Å². The fourth-order valence-electron chi connectivity index (χ4n) is 4.29. The van der Waals surface area contributed by atoms with Gasteiger partial charge in [0.25, 0.3) is 5.91 Å². The molecule has 3 amide bonds. The SMILES string of the molecule is O=C(Nc1ccc(F)cc1)N1CCS[C@@]12C(=O)N(Cc1cccc(F)c1)c1ccc(F)cc12. The van der Waals surface area contributed by atoms with Crippen LogP contribution in [-0.2, 0) is 16.2 Å². The first kappa shape index (κ1) is 21.4. The predicted molar refractivity (Wildman–Crippen MR) is 120 cm³/mol. The molecule has 0 unspecified atom stereocenters. The molecule has 5 nitrogen and oxygen atoms in total. The summed E-state index contributed by atoms with van der Waals surface area (Å²) in [5, 5.41) is 2.69. The molecule has 3 aromatic carbocycles. The lowest BCUT2D eigenvalue weighted by Gasteiger charge is -2.33. The summed E-state index contributed by atoms with van der Waals surface area (Å²) in [6.07, 6.45) is 0. The Morgan fingerprint density at radius 3 is 2.45 bits per heavy atom.